The lowest BCUT2D eigenvalue weighted by Crippen LogP contribution is -2.41. The molecular weight excluding hydrogens is 274 g/mol. The molecule has 1 heterocycles. The molecule has 1 saturated heterocycles. The van der Waals surface area contributed by atoms with Gasteiger partial charge in [-0.2, -0.15) is 0 Å². The van der Waals surface area contributed by atoms with Gasteiger partial charge in [-0.1, -0.05) is 0 Å². The number of nitrogens with zero attached hydrogens (tertiary/aromatic N) is 2. The fraction of sp³-hybridized carbons (Fsp3) is 0.500. The van der Waals surface area contributed by atoms with Gasteiger partial charge in [0.2, 0.25) is 5.96 Å². The number of halogens is 1. The topological polar surface area (TPSA) is 54.4 Å². The van der Waals surface area contributed by atoms with Crippen molar-refractivity contribution in [2.45, 2.75) is 18.9 Å². The number of benzene rings is 1. The summed E-state index contributed by atoms with van der Waals surface area (Å²) in [7, 11) is 4.31. The fourth-order valence-electron chi connectivity index (χ4n) is 2.56. The van der Waals surface area contributed by atoms with E-state index in [0.29, 0.717) is 6.04 Å². The monoisotopic (exact) mass is 295 g/mol. The highest BCUT2D eigenvalue weighted by molar-refractivity contribution is 6.23. The SMILES string of the molecule is CN(C)C1CCN(c2ccc(NC(=N)NCl)cc2)CC1. The molecule has 0 spiro atoms. The third-order valence-electron chi connectivity index (χ3n) is 3.79. The quantitative estimate of drug-likeness (QED) is 0.455. The molecule has 0 saturated carbocycles. The average molecular weight is 296 g/mol. The summed E-state index contributed by atoms with van der Waals surface area (Å²) in [6, 6.07) is 8.80. The van der Waals surface area contributed by atoms with E-state index in [4.69, 9.17) is 17.2 Å². The van der Waals surface area contributed by atoms with Crippen molar-refractivity contribution < 1.29 is 0 Å². The highest BCUT2D eigenvalue weighted by Gasteiger charge is 2.20. The number of piperidine rings is 1. The minimum Gasteiger partial charge on any atom is -0.371 e. The summed E-state index contributed by atoms with van der Waals surface area (Å²) in [6.45, 7) is 2.18. The molecule has 1 aliphatic rings. The van der Waals surface area contributed by atoms with Gasteiger partial charge in [-0.15, -0.1) is 0 Å². The Morgan fingerprint density at radius 2 is 1.85 bits per heavy atom. The fourth-order valence-corrected chi connectivity index (χ4v) is 2.61. The Hall–Kier alpha value is -1.46. The van der Waals surface area contributed by atoms with Crippen molar-refractivity contribution in [3.8, 4) is 0 Å². The van der Waals surface area contributed by atoms with E-state index in [0.717, 1.165) is 18.8 Å². The van der Waals surface area contributed by atoms with Gasteiger partial charge in [0.15, 0.2) is 0 Å². The van der Waals surface area contributed by atoms with Crippen molar-refractivity contribution in [3.05, 3.63) is 24.3 Å². The molecule has 1 fully saturated rings. The molecule has 0 amide bonds. The summed E-state index contributed by atoms with van der Waals surface area (Å²) in [4.78, 5) is 6.96. The summed E-state index contributed by atoms with van der Waals surface area (Å²) in [5, 5.41) is 10.3. The molecule has 1 aromatic rings. The largest absolute Gasteiger partial charge is 0.371 e. The summed E-state index contributed by atoms with van der Waals surface area (Å²) >= 11 is 5.34. The molecule has 6 heteroatoms. The maximum absolute atomic E-state index is 7.42. The Bertz CT molecular complexity index is 437. The first-order valence-corrected chi connectivity index (χ1v) is 7.21. The Balaban J connectivity index is 1.92. The number of guanidine groups is 1. The van der Waals surface area contributed by atoms with Gasteiger partial charge in [0.1, 0.15) is 0 Å². The van der Waals surface area contributed by atoms with E-state index in [2.05, 4.69) is 46.2 Å². The molecule has 2 rings (SSSR count). The maximum Gasteiger partial charge on any atom is 0.207 e. The second kappa shape index (κ2) is 6.81. The van der Waals surface area contributed by atoms with Gasteiger partial charge in [0.05, 0.1) is 0 Å². The molecule has 0 aliphatic carbocycles. The molecule has 3 N–H and O–H groups in total. The lowest BCUT2D eigenvalue weighted by atomic mass is 10.0. The highest BCUT2D eigenvalue weighted by atomic mass is 35.5. The summed E-state index contributed by atoms with van der Waals surface area (Å²) < 4.78 is 0. The Morgan fingerprint density at radius 1 is 1.25 bits per heavy atom. The van der Waals surface area contributed by atoms with Gasteiger partial charge in [0.25, 0.3) is 0 Å². The average Bonchev–Trinajstić information content (AvgIpc) is 2.48. The van der Waals surface area contributed by atoms with Gasteiger partial charge in [0, 0.05) is 42.3 Å². The number of rotatable bonds is 3. The predicted octanol–water partition coefficient (Wildman–Crippen LogP) is 2.31. The summed E-state index contributed by atoms with van der Waals surface area (Å²) in [6.07, 6.45) is 2.40. The number of anilines is 2. The van der Waals surface area contributed by atoms with E-state index in [1.807, 2.05) is 12.1 Å². The lowest BCUT2D eigenvalue weighted by Gasteiger charge is -2.36. The molecule has 0 radical (unpaired) electrons. The van der Waals surface area contributed by atoms with Crippen molar-refractivity contribution >= 4 is 29.1 Å². The zero-order valence-electron chi connectivity index (χ0n) is 12.0. The van der Waals surface area contributed by atoms with Gasteiger partial charge in [-0.3, -0.25) is 10.2 Å². The van der Waals surface area contributed by atoms with Crippen molar-refractivity contribution in [2.75, 3.05) is 37.4 Å². The molecular formula is C14H22ClN5. The normalized spacial score (nSPS) is 16.3. The van der Waals surface area contributed by atoms with E-state index < -0.39 is 0 Å². The van der Waals surface area contributed by atoms with Gasteiger partial charge in [-0.25, -0.2) is 0 Å². The third kappa shape index (κ3) is 3.77. The Morgan fingerprint density at radius 3 is 2.35 bits per heavy atom. The minimum absolute atomic E-state index is 0.0752. The van der Waals surface area contributed by atoms with Crippen LogP contribution in [0.3, 0.4) is 0 Å². The molecule has 5 nitrogen and oxygen atoms in total. The Kier molecular flexibility index (Phi) is 5.09. The number of hydrogen-bond donors (Lipinski definition) is 3. The third-order valence-corrected chi connectivity index (χ3v) is 3.98. The van der Waals surface area contributed by atoms with Gasteiger partial charge in [-0.05, 0) is 51.2 Å². The first kappa shape index (κ1) is 14.9. The summed E-state index contributed by atoms with van der Waals surface area (Å²) in [5.41, 5.74) is 2.09. The molecule has 1 aromatic carbocycles. The van der Waals surface area contributed by atoms with Crippen LogP contribution in [-0.4, -0.2) is 44.1 Å². The van der Waals surface area contributed by atoms with Crippen LogP contribution in [0.25, 0.3) is 0 Å². The molecule has 110 valence electrons. The van der Waals surface area contributed by atoms with Crippen LogP contribution in [0.15, 0.2) is 24.3 Å². The van der Waals surface area contributed by atoms with Crippen LogP contribution in [-0.2, 0) is 0 Å². The summed E-state index contributed by atoms with van der Waals surface area (Å²) in [5.74, 6) is 0.0752. The zero-order chi connectivity index (χ0) is 14.5. The van der Waals surface area contributed by atoms with Gasteiger partial charge >= 0.3 is 0 Å². The van der Waals surface area contributed by atoms with Gasteiger partial charge < -0.3 is 15.1 Å². The molecule has 0 unspecified atom stereocenters. The van der Waals surface area contributed by atoms with Crippen molar-refractivity contribution in [3.63, 3.8) is 0 Å². The van der Waals surface area contributed by atoms with Crippen LogP contribution in [0, 0.1) is 5.41 Å². The maximum atomic E-state index is 7.42. The number of hydrogen-bond acceptors (Lipinski definition) is 3. The van der Waals surface area contributed by atoms with Crippen LogP contribution in [0.4, 0.5) is 11.4 Å². The lowest BCUT2D eigenvalue weighted by molar-refractivity contribution is 0.249. The standard InChI is InChI=1S/C14H22ClN5/c1-19(2)12-7-9-20(10-8-12)13-5-3-11(4-6-13)17-14(16)18-15/h3-6,12H,7-10H2,1-2H3,(H3,16,17,18). The van der Waals surface area contributed by atoms with E-state index in [-0.39, 0.29) is 5.96 Å². The highest BCUT2D eigenvalue weighted by Crippen LogP contribution is 2.23. The molecule has 20 heavy (non-hydrogen) atoms. The Labute approximate surface area is 125 Å². The van der Waals surface area contributed by atoms with Crippen LogP contribution in [0.1, 0.15) is 12.8 Å². The van der Waals surface area contributed by atoms with Crippen LogP contribution in [0.5, 0.6) is 0 Å². The first-order valence-electron chi connectivity index (χ1n) is 6.84. The van der Waals surface area contributed by atoms with Crippen LogP contribution in [0.2, 0.25) is 0 Å². The zero-order valence-corrected chi connectivity index (χ0v) is 12.7. The molecule has 1 aliphatic heterocycles. The van der Waals surface area contributed by atoms with Crippen LogP contribution >= 0.6 is 11.8 Å². The smallest absolute Gasteiger partial charge is 0.207 e. The molecule has 0 bridgehead atoms. The van der Waals surface area contributed by atoms with E-state index >= 15 is 0 Å². The van der Waals surface area contributed by atoms with Crippen molar-refractivity contribution in [1.82, 2.24) is 9.74 Å². The van der Waals surface area contributed by atoms with E-state index in [1.165, 1.54) is 18.5 Å². The van der Waals surface area contributed by atoms with E-state index in [9.17, 15) is 0 Å². The van der Waals surface area contributed by atoms with E-state index in [1.54, 1.807) is 0 Å². The first-order chi connectivity index (χ1) is 9.60. The predicted molar refractivity (Wildman–Crippen MR) is 85.7 cm³/mol. The molecule has 0 atom stereocenters. The second-order valence-corrected chi connectivity index (χ2v) is 5.51. The minimum atomic E-state index is 0.0752. The van der Waals surface area contributed by atoms with Crippen molar-refractivity contribution in [2.24, 2.45) is 0 Å². The van der Waals surface area contributed by atoms with Crippen LogP contribution < -0.4 is 15.1 Å². The van der Waals surface area contributed by atoms with Crippen molar-refractivity contribution in [1.29, 1.82) is 5.41 Å². The molecule has 0 aromatic heterocycles. The second-order valence-electron chi connectivity index (χ2n) is 5.32. The number of nitrogens with one attached hydrogen (secondary N) is 3.